The van der Waals surface area contributed by atoms with E-state index in [1.54, 1.807) is 6.08 Å². The van der Waals surface area contributed by atoms with Gasteiger partial charge in [-0.05, 0) is 74.1 Å². The fourth-order valence-corrected chi connectivity index (χ4v) is 5.72. The molecule has 0 bridgehead atoms. The van der Waals surface area contributed by atoms with Gasteiger partial charge >= 0.3 is 0 Å². The van der Waals surface area contributed by atoms with E-state index in [1.807, 2.05) is 13.8 Å². The Balaban J connectivity index is 1.76. The number of ketones is 2. The standard InChI is InChI=1S/C26H36O2/c1-6-7-9-20-10-8-11-21(19(20)5)14-22-15-23(27)25(26(22)28)24-17(3)12-16(2)13-18(24)4/h12-13,15,19-21,25H,6-11,14H2,1-5H3. The van der Waals surface area contributed by atoms with Crippen molar-refractivity contribution >= 4 is 11.6 Å². The number of benzene rings is 1. The molecule has 28 heavy (non-hydrogen) atoms. The molecule has 4 atom stereocenters. The third-order valence-electron chi connectivity index (χ3n) is 7.25. The van der Waals surface area contributed by atoms with Crippen LogP contribution in [0, 0.1) is 38.5 Å². The lowest BCUT2D eigenvalue weighted by molar-refractivity contribution is -0.123. The number of allylic oxidation sites excluding steroid dienone is 2. The molecule has 1 fully saturated rings. The summed E-state index contributed by atoms with van der Waals surface area (Å²) in [4.78, 5) is 26.1. The van der Waals surface area contributed by atoms with Crippen molar-refractivity contribution < 1.29 is 9.59 Å². The van der Waals surface area contributed by atoms with Crippen LogP contribution in [0.15, 0.2) is 23.8 Å². The van der Waals surface area contributed by atoms with Gasteiger partial charge in [-0.15, -0.1) is 0 Å². The quantitative estimate of drug-likeness (QED) is 0.535. The van der Waals surface area contributed by atoms with Crippen LogP contribution in [0.25, 0.3) is 0 Å². The second kappa shape index (κ2) is 8.76. The highest BCUT2D eigenvalue weighted by Gasteiger charge is 2.39. The van der Waals surface area contributed by atoms with Gasteiger partial charge in [-0.25, -0.2) is 0 Å². The Kier molecular flexibility index (Phi) is 6.58. The molecule has 2 aliphatic rings. The summed E-state index contributed by atoms with van der Waals surface area (Å²) in [6, 6.07) is 4.17. The predicted octanol–water partition coefficient (Wildman–Crippen LogP) is 6.41. The van der Waals surface area contributed by atoms with E-state index in [-0.39, 0.29) is 11.6 Å². The molecule has 0 aromatic heterocycles. The van der Waals surface area contributed by atoms with E-state index in [2.05, 4.69) is 32.9 Å². The molecule has 2 heteroatoms. The summed E-state index contributed by atoms with van der Waals surface area (Å²) in [5.74, 6) is 1.40. The third-order valence-corrected chi connectivity index (χ3v) is 7.25. The summed E-state index contributed by atoms with van der Waals surface area (Å²) >= 11 is 0. The fourth-order valence-electron chi connectivity index (χ4n) is 5.72. The fraction of sp³-hybridized carbons (Fsp3) is 0.615. The van der Waals surface area contributed by atoms with Crippen LogP contribution in [0.3, 0.4) is 0 Å². The van der Waals surface area contributed by atoms with Gasteiger partial charge in [0.05, 0.1) is 0 Å². The monoisotopic (exact) mass is 380 g/mol. The topological polar surface area (TPSA) is 34.1 Å². The molecule has 0 radical (unpaired) electrons. The third kappa shape index (κ3) is 4.16. The zero-order valence-corrected chi connectivity index (χ0v) is 18.3. The summed E-state index contributed by atoms with van der Waals surface area (Å²) < 4.78 is 0. The number of carbonyl (C=O) groups excluding carboxylic acids is 2. The van der Waals surface area contributed by atoms with Gasteiger partial charge in [0.15, 0.2) is 11.6 Å². The molecular formula is C26H36O2. The Morgan fingerprint density at radius 3 is 2.29 bits per heavy atom. The van der Waals surface area contributed by atoms with Crippen LogP contribution >= 0.6 is 0 Å². The second-order valence-corrected chi connectivity index (χ2v) is 9.34. The maximum atomic E-state index is 13.3. The van der Waals surface area contributed by atoms with Crippen molar-refractivity contribution in [3.8, 4) is 0 Å². The number of carbonyl (C=O) groups is 2. The number of Topliss-reactive ketones (excluding diaryl/α,β-unsaturated/α-hetero) is 1. The lowest BCUT2D eigenvalue weighted by Crippen LogP contribution is -2.27. The van der Waals surface area contributed by atoms with E-state index in [9.17, 15) is 9.59 Å². The van der Waals surface area contributed by atoms with Crippen LogP contribution in [-0.4, -0.2) is 11.6 Å². The molecule has 0 saturated heterocycles. The number of hydrogen-bond donors (Lipinski definition) is 0. The minimum absolute atomic E-state index is 0.0129. The summed E-state index contributed by atoms with van der Waals surface area (Å²) in [7, 11) is 0. The maximum Gasteiger partial charge on any atom is 0.174 e. The number of rotatable bonds is 6. The van der Waals surface area contributed by atoms with E-state index in [1.165, 1.54) is 44.1 Å². The average molecular weight is 381 g/mol. The van der Waals surface area contributed by atoms with E-state index in [0.717, 1.165) is 34.6 Å². The maximum absolute atomic E-state index is 13.3. The highest BCUT2D eigenvalue weighted by atomic mass is 16.2. The number of aryl methyl sites for hydroxylation is 3. The highest BCUT2D eigenvalue weighted by molar-refractivity contribution is 6.25. The van der Waals surface area contributed by atoms with Crippen molar-refractivity contribution in [2.24, 2.45) is 17.8 Å². The zero-order chi connectivity index (χ0) is 20.4. The van der Waals surface area contributed by atoms with Crippen LogP contribution < -0.4 is 0 Å². The lowest BCUT2D eigenvalue weighted by atomic mass is 9.69. The second-order valence-electron chi connectivity index (χ2n) is 9.34. The van der Waals surface area contributed by atoms with Crippen molar-refractivity contribution in [1.29, 1.82) is 0 Å². The first-order valence-corrected chi connectivity index (χ1v) is 11.2. The molecule has 2 aliphatic carbocycles. The number of unbranched alkanes of at least 4 members (excludes halogenated alkanes) is 1. The zero-order valence-electron chi connectivity index (χ0n) is 18.3. The predicted molar refractivity (Wildman–Crippen MR) is 116 cm³/mol. The molecule has 0 heterocycles. The van der Waals surface area contributed by atoms with Crippen molar-refractivity contribution in [2.75, 3.05) is 0 Å². The first kappa shape index (κ1) is 21.0. The molecule has 0 amide bonds. The van der Waals surface area contributed by atoms with Crippen LogP contribution in [0.5, 0.6) is 0 Å². The minimum atomic E-state index is -0.606. The molecular weight excluding hydrogens is 344 g/mol. The first-order valence-electron chi connectivity index (χ1n) is 11.2. The summed E-state index contributed by atoms with van der Waals surface area (Å²) in [6.45, 7) is 10.7. The Hall–Kier alpha value is -1.70. The van der Waals surface area contributed by atoms with Crippen LogP contribution in [-0.2, 0) is 9.59 Å². The van der Waals surface area contributed by atoms with Gasteiger partial charge in [0.25, 0.3) is 0 Å². The Bertz CT molecular complexity index is 763. The van der Waals surface area contributed by atoms with Gasteiger partial charge in [-0.2, -0.15) is 0 Å². The van der Waals surface area contributed by atoms with Crippen LogP contribution in [0.4, 0.5) is 0 Å². The van der Waals surface area contributed by atoms with Crippen LogP contribution in [0.1, 0.15) is 87.0 Å². The van der Waals surface area contributed by atoms with Gasteiger partial charge in [-0.3, -0.25) is 9.59 Å². The van der Waals surface area contributed by atoms with E-state index in [0.29, 0.717) is 11.8 Å². The Labute approximate surface area is 170 Å². The Morgan fingerprint density at radius 1 is 1.00 bits per heavy atom. The Morgan fingerprint density at radius 2 is 1.64 bits per heavy atom. The summed E-state index contributed by atoms with van der Waals surface area (Å²) in [6.07, 6.45) is 10.1. The molecule has 0 aliphatic heterocycles. The van der Waals surface area contributed by atoms with Gasteiger partial charge in [0.1, 0.15) is 5.92 Å². The molecule has 1 saturated carbocycles. The van der Waals surface area contributed by atoms with Gasteiger partial charge in [0.2, 0.25) is 0 Å². The van der Waals surface area contributed by atoms with Gasteiger partial charge in [0, 0.05) is 5.57 Å². The van der Waals surface area contributed by atoms with E-state index >= 15 is 0 Å². The molecule has 0 N–H and O–H groups in total. The van der Waals surface area contributed by atoms with Gasteiger partial charge in [-0.1, -0.05) is 63.6 Å². The van der Waals surface area contributed by atoms with Crippen molar-refractivity contribution in [1.82, 2.24) is 0 Å². The van der Waals surface area contributed by atoms with Crippen LogP contribution in [0.2, 0.25) is 0 Å². The van der Waals surface area contributed by atoms with E-state index in [4.69, 9.17) is 0 Å². The van der Waals surface area contributed by atoms with Crippen molar-refractivity contribution in [3.63, 3.8) is 0 Å². The molecule has 1 aromatic carbocycles. The first-order chi connectivity index (χ1) is 13.3. The smallest absolute Gasteiger partial charge is 0.174 e. The normalized spacial score (nSPS) is 28.0. The lowest BCUT2D eigenvalue weighted by Gasteiger charge is -2.36. The number of hydrogen-bond acceptors (Lipinski definition) is 2. The largest absolute Gasteiger partial charge is 0.294 e. The van der Waals surface area contributed by atoms with Crippen molar-refractivity contribution in [3.05, 3.63) is 46.0 Å². The molecule has 152 valence electrons. The minimum Gasteiger partial charge on any atom is -0.294 e. The van der Waals surface area contributed by atoms with Gasteiger partial charge < -0.3 is 0 Å². The molecule has 3 rings (SSSR count). The molecule has 2 nitrogen and oxygen atoms in total. The molecule has 1 aromatic rings. The van der Waals surface area contributed by atoms with Crippen molar-refractivity contribution in [2.45, 2.75) is 85.5 Å². The summed E-state index contributed by atoms with van der Waals surface area (Å²) in [5, 5.41) is 0. The average Bonchev–Trinajstić information content (AvgIpc) is 2.89. The SMILES string of the molecule is CCCCC1CCCC(CC2=CC(=O)C(c3c(C)cc(C)cc3C)C2=O)C1C. The summed E-state index contributed by atoms with van der Waals surface area (Å²) in [5.41, 5.74) is 5.01. The molecule has 4 unspecified atom stereocenters. The highest BCUT2D eigenvalue weighted by Crippen LogP contribution is 2.42. The molecule has 0 spiro atoms. The van der Waals surface area contributed by atoms with E-state index < -0.39 is 5.92 Å².